The second-order valence-electron chi connectivity index (χ2n) is 20.1. The molecule has 0 saturated carbocycles. The van der Waals surface area contributed by atoms with Crippen LogP contribution in [0, 0.1) is 0 Å². The molecule has 0 nitrogen and oxygen atoms in total. The van der Waals surface area contributed by atoms with E-state index in [-0.39, 0.29) is 18.2 Å². The van der Waals surface area contributed by atoms with Crippen LogP contribution in [-0.2, 0) is 39.3 Å². The van der Waals surface area contributed by atoms with Crippen LogP contribution in [0.1, 0.15) is 129 Å². The van der Waals surface area contributed by atoms with Crippen LogP contribution in [0.5, 0.6) is 0 Å². The van der Waals surface area contributed by atoms with Gasteiger partial charge in [-0.05, 0) is 0 Å². The molecule has 0 spiro atoms. The first-order chi connectivity index (χ1) is 29.6. The van der Waals surface area contributed by atoms with Crippen molar-refractivity contribution in [1.82, 2.24) is 0 Å². The van der Waals surface area contributed by atoms with Crippen molar-refractivity contribution in [3.63, 3.8) is 0 Å². The van der Waals surface area contributed by atoms with Gasteiger partial charge in [0.05, 0.1) is 0 Å². The molecule has 318 valence electrons. The third kappa shape index (κ3) is 8.32. The summed E-state index contributed by atoms with van der Waals surface area (Å²) in [6.07, 6.45) is 15.8. The monoisotopic (exact) mass is 1020 g/mol. The van der Waals surface area contributed by atoms with Gasteiger partial charge >= 0.3 is 384 Å². The Morgan fingerprint density at radius 1 is 0.500 bits per heavy atom. The van der Waals surface area contributed by atoms with Crippen LogP contribution in [0.2, 0.25) is 3.67 Å². The van der Waals surface area contributed by atoms with Crippen molar-refractivity contribution < 1.29 is 15.7 Å². The summed E-state index contributed by atoms with van der Waals surface area (Å²) < 4.78 is 0.764. The summed E-state index contributed by atoms with van der Waals surface area (Å²) in [6.45, 7) is 18.6. The third-order valence-electron chi connectivity index (χ3n) is 13.6. The summed E-state index contributed by atoms with van der Waals surface area (Å²) in [5.41, 5.74) is 17.4. The Balaban J connectivity index is 1.56. The Morgan fingerprint density at radius 2 is 0.887 bits per heavy atom. The number of aryl methyl sites for hydroxylation is 2. The average Bonchev–Trinajstić information content (AvgIpc) is 3.93. The summed E-state index contributed by atoms with van der Waals surface area (Å²) >= 11 is -5.90. The van der Waals surface area contributed by atoms with E-state index in [0.29, 0.717) is 0 Å². The van der Waals surface area contributed by atoms with Gasteiger partial charge in [0.25, 0.3) is 0 Å². The van der Waals surface area contributed by atoms with Crippen molar-refractivity contribution in [2.24, 2.45) is 0 Å². The number of benzene rings is 6. The minimum absolute atomic E-state index is 0.122. The van der Waals surface area contributed by atoms with Gasteiger partial charge in [0.2, 0.25) is 0 Å². The second kappa shape index (κ2) is 17.6. The van der Waals surface area contributed by atoms with Gasteiger partial charge in [-0.3, -0.25) is 0 Å². The molecule has 2 aliphatic carbocycles. The number of fused-ring (bicyclic) bond motifs is 3. The summed E-state index contributed by atoms with van der Waals surface area (Å²) in [6, 6.07) is 50.6. The number of hydrogen-bond donors (Lipinski definition) is 0. The van der Waals surface area contributed by atoms with E-state index in [9.17, 15) is 17.2 Å². The van der Waals surface area contributed by atoms with Crippen LogP contribution in [0.4, 0.5) is 0 Å². The number of rotatable bonds is 12. The van der Waals surface area contributed by atoms with Gasteiger partial charge in [-0.2, -0.15) is 0 Å². The van der Waals surface area contributed by atoms with Crippen LogP contribution < -0.4 is 0 Å². The molecular weight excluding hydrogens is 958 g/mol. The SMILES string of the molecule is CCCCc1ccc([C](c2ccc(CCCC)cc2)=[Hf]([Cl])([Cl])([CH]2C=CC=C2)[CH]2c3cc(-c4ccccc4)c(C(C)(C)C)cc3-c3cc(C(C)(C)C)c(-c4ccccc4)cc32)cc1. The van der Waals surface area contributed by atoms with E-state index in [4.69, 9.17) is 0 Å². The summed E-state index contributed by atoms with van der Waals surface area (Å²) in [5, 5.41) is 0. The second-order valence-corrected chi connectivity index (χ2v) is 49.5. The summed E-state index contributed by atoms with van der Waals surface area (Å²) in [5.74, 6) is 0. The van der Waals surface area contributed by atoms with E-state index < -0.39 is 15.7 Å². The standard InChI is InChI=1S/C33H33.C21H26.C5H5.2ClH.Hf/c1-32(2,3)30-20-26-24(18-28(30)22-13-9-7-10-14-22)17-25-19-29(23-15-11-8-12-16-23)31(21-27(25)26)33(4,5)6;1-3-5-7-18-9-13-20(14-10-18)17-21-15-11-19(12-16-21)8-6-4-2;1-2-4-5-3-1;;;/h7-21H,1-6H3;9-16H,3-8H2,1-2H3;1-5H;2*1H;/q;;;;;+2/p-2. The Labute approximate surface area is 380 Å². The fourth-order valence-corrected chi connectivity index (χ4v) is 38.0. The van der Waals surface area contributed by atoms with Crippen molar-refractivity contribution in [2.45, 2.75) is 112 Å². The van der Waals surface area contributed by atoms with Gasteiger partial charge in [-0.15, -0.1) is 0 Å². The zero-order valence-corrected chi connectivity index (χ0v) is 43.3. The molecule has 6 aromatic carbocycles. The van der Waals surface area contributed by atoms with E-state index in [1.165, 1.54) is 92.4 Å². The molecule has 0 atom stereocenters. The molecule has 0 bridgehead atoms. The zero-order valence-electron chi connectivity index (χ0n) is 38.2. The predicted octanol–water partition coefficient (Wildman–Crippen LogP) is 17.6. The first kappa shape index (κ1) is 44.7. The Kier molecular flexibility index (Phi) is 12.7. The quantitative estimate of drug-likeness (QED) is 0.107. The van der Waals surface area contributed by atoms with E-state index in [1.54, 1.807) is 0 Å². The molecular formula is C59H64Cl2Hf. The maximum atomic E-state index is 9.25. The van der Waals surface area contributed by atoms with Gasteiger partial charge < -0.3 is 0 Å². The molecule has 2 aliphatic rings. The van der Waals surface area contributed by atoms with Crippen molar-refractivity contribution in [2.75, 3.05) is 0 Å². The normalized spacial score (nSPS) is 14.4. The molecule has 0 fully saturated rings. The topological polar surface area (TPSA) is 0 Å². The van der Waals surface area contributed by atoms with Crippen molar-refractivity contribution >= 4 is 20.4 Å². The van der Waals surface area contributed by atoms with Crippen LogP contribution in [-0.4, -0.2) is 3.26 Å². The van der Waals surface area contributed by atoms with Crippen molar-refractivity contribution in [3.05, 3.63) is 202 Å². The van der Waals surface area contributed by atoms with Crippen LogP contribution in [0.25, 0.3) is 33.4 Å². The van der Waals surface area contributed by atoms with E-state index in [1.807, 2.05) is 0 Å². The zero-order chi connectivity index (χ0) is 43.9. The molecule has 0 aliphatic heterocycles. The molecule has 0 saturated heterocycles. The number of unbranched alkanes of at least 4 members (excludes halogenated alkanes) is 2. The molecule has 0 unspecified atom stereocenters. The molecule has 0 radical (unpaired) electrons. The Hall–Kier alpha value is -3.88. The Bertz CT molecular complexity index is 2520. The number of halogens is 2. The van der Waals surface area contributed by atoms with E-state index in [2.05, 4.69) is 213 Å². The summed E-state index contributed by atoms with van der Waals surface area (Å²) in [4.78, 5) is 0. The maximum absolute atomic E-state index is 9.25. The molecule has 0 heterocycles. The Morgan fingerprint density at radius 3 is 1.24 bits per heavy atom. The fourth-order valence-electron chi connectivity index (χ4n) is 10.3. The van der Waals surface area contributed by atoms with Crippen LogP contribution >= 0.6 is 17.2 Å². The molecule has 0 N–H and O–H groups in total. The van der Waals surface area contributed by atoms with Gasteiger partial charge in [-0.1, -0.05) is 0 Å². The number of hydrogen-bond acceptors (Lipinski definition) is 0. The number of allylic oxidation sites excluding steroid dienone is 4. The first-order valence-electron chi connectivity index (χ1n) is 23.1. The van der Waals surface area contributed by atoms with Gasteiger partial charge in [-0.25, -0.2) is 0 Å². The predicted molar refractivity (Wildman–Crippen MR) is 269 cm³/mol. The molecule has 62 heavy (non-hydrogen) atoms. The molecule has 8 rings (SSSR count). The van der Waals surface area contributed by atoms with Crippen LogP contribution in [0.15, 0.2) is 158 Å². The van der Waals surface area contributed by atoms with Crippen molar-refractivity contribution in [3.8, 4) is 33.4 Å². The van der Waals surface area contributed by atoms with Crippen molar-refractivity contribution in [1.29, 1.82) is 0 Å². The van der Waals surface area contributed by atoms with Gasteiger partial charge in [0, 0.05) is 0 Å². The first-order valence-corrected chi connectivity index (χ1v) is 37.9. The van der Waals surface area contributed by atoms with Crippen LogP contribution in [0.3, 0.4) is 0 Å². The fraction of sp³-hybridized carbons (Fsp3) is 0.305. The molecule has 0 aromatic heterocycles. The van der Waals surface area contributed by atoms with E-state index >= 15 is 0 Å². The molecule has 6 aromatic rings. The molecule has 3 heteroatoms. The molecule has 0 amide bonds. The average molecular weight is 1020 g/mol. The van der Waals surface area contributed by atoms with Gasteiger partial charge in [0.15, 0.2) is 0 Å². The van der Waals surface area contributed by atoms with E-state index in [0.717, 1.165) is 27.2 Å². The minimum atomic E-state index is -5.90. The third-order valence-corrected chi connectivity index (χ3v) is 41.7. The summed E-state index contributed by atoms with van der Waals surface area (Å²) in [7, 11) is 18.5. The van der Waals surface area contributed by atoms with Gasteiger partial charge in [0.1, 0.15) is 0 Å².